The maximum atomic E-state index is 11.7. The lowest BCUT2D eigenvalue weighted by Gasteiger charge is -2.17. The van der Waals surface area contributed by atoms with Crippen molar-refractivity contribution in [3.8, 4) is 0 Å². The van der Waals surface area contributed by atoms with E-state index in [1.54, 1.807) is 0 Å². The summed E-state index contributed by atoms with van der Waals surface area (Å²) in [6.45, 7) is 3.98. The minimum Gasteiger partial charge on any atom is -0.481 e. The molecule has 0 aromatic heterocycles. The van der Waals surface area contributed by atoms with Crippen LogP contribution in [0.5, 0.6) is 0 Å². The van der Waals surface area contributed by atoms with E-state index in [0.717, 1.165) is 12.8 Å². The van der Waals surface area contributed by atoms with Gasteiger partial charge in [-0.3, -0.25) is 14.4 Å². The molecule has 20 heavy (non-hydrogen) atoms. The fraction of sp³-hybridized carbons (Fsp3) is 0.786. The van der Waals surface area contributed by atoms with Crippen LogP contribution in [-0.4, -0.2) is 35.5 Å². The Kier molecular flexibility index (Phi) is 6.48. The Balaban J connectivity index is 2.26. The van der Waals surface area contributed by atoms with Crippen LogP contribution in [0.4, 0.5) is 0 Å². The molecule has 1 rings (SSSR count). The number of nitrogens with one attached hydrogen (secondary N) is 2. The maximum absolute atomic E-state index is 11.7. The smallest absolute Gasteiger partial charge is 0.308 e. The van der Waals surface area contributed by atoms with Gasteiger partial charge in [0.2, 0.25) is 11.8 Å². The van der Waals surface area contributed by atoms with Gasteiger partial charge in [-0.05, 0) is 25.2 Å². The largest absolute Gasteiger partial charge is 0.481 e. The quantitative estimate of drug-likeness (QED) is 0.647. The second kappa shape index (κ2) is 7.87. The van der Waals surface area contributed by atoms with Gasteiger partial charge >= 0.3 is 5.97 Å². The topological polar surface area (TPSA) is 95.5 Å². The van der Waals surface area contributed by atoms with Crippen molar-refractivity contribution in [2.45, 2.75) is 52.0 Å². The van der Waals surface area contributed by atoms with Crippen LogP contribution in [0.3, 0.4) is 0 Å². The van der Waals surface area contributed by atoms with Gasteiger partial charge in [-0.25, -0.2) is 0 Å². The van der Waals surface area contributed by atoms with Gasteiger partial charge in [0.25, 0.3) is 0 Å². The highest BCUT2D eigenvalue weighted by Gasteiger charge is 2.33. The summed E-state index contributed by atoms with van der Waals surface area (Å²) in [5.74, 6) is -1.38. The van der Waals surface area contributed by atoms with Crippen LogP contribution in [0.1, 0.15) is 46.0 Å². The van der Waals surface area contributed by atoms with E-state index in [0.29, 0.717) is 25.2 Å². The summed E-state index contributed by atoms with van der Waals surface area (Å²) in [4.78, 5) is 34.2. The number of carboxylic acids is 1. The van der Waals surface area contributed by atoms with Gasteiger partial charge in [0.05, 0.1) is 12.5 Å². The molecule has 3 N–H and O–H groups in total. The second-order valence-corrected chi connectivity index (χ2v) is 5.76. The molecule has 1 fully saturated rings. The van der Waals surface area contributed by atoms with Gasteiger partial charge in [-0.2, -0.15) is 0 Å². The third kappa shape index (κ3) is 5.59. The van der Waals surface area contributed by atoms with Gasteiger partial charge in [-0.1, -0.05) is 20.3 Å². The zero-order chi connectivity index (χ0) is 15.1. The molecule has 2 atom stereocenters. The maximum Gasteiger partial charge on any atom is 0.308 e. The Bertz CT molecular complexity index is 368. The molecule has 0 aliphatic heterocycles. The molecule has 0 unspecified atom stereocenters. The van der Waals surface area contributed by atoms with Gasteiger partial charge in [0.1, 0.15) is 0 Å². The van der Waals surface area contributed by atoms with Crippen molar-refractivity contribution in [1.82, 2.24) is 10.6 Å². The summed E-state index contributed by atoms with van der Waals surface area (Å²) in [7, 11) is 0. The van der Waals surface area contributed by atoms with Crippen LogP contribution in [0.2, 0.25) is 0 Å². The lowest BCUT2D eigenvalue weighted by Crippen LogP contribution is -2.44. The number of hydrogen-bond acceptors (Lipinski definition) is 3. The molecule has 6 nitrogen and oxygen atoms in total. The Morgan fingerprint density at radius 2 is 1.90 bits per heavy atom. The van der Waals surface area contributed by atoms with E-state index < -0.39 is 11.9 Å². The molecule has 0 saturated heterocycles. The molecule has 1 aliphatic rings. The first kappa shape index (κ1) is 16.5. The van der Waals surface area contributed by atoms with Crippen LogP contribution in [-0.2, 0) is 14.4 Å². The summed E-state index contributed by atoms with van der Waals surface area (Å²) in [5, 5.41) is 14.3. The summed E-state index contributed by atoms with van der Waals surface area (Å²) in [6, 6.07) is -0.312. The SMILES string of the molecule is CC(C)CCC(=O)NCC(=O)N[C@@H]1CCC[C@@H]1C(=O)O. The average molecular weight is 284 g/mol. The van der Waals surface area contributed by atoms with Crippen LogP contribution >= 0.6 is 0 Å². The van der Waals surface area contributed by atoms with E-state index in [1.807, 2.05) is 13.8 Å². The standard InChI is InChI=1S/C14H24N2O4/c1-9(2)6-7-12(17)15-8-13(18)16-11-5-3-4-10(11)14(19)20/h9-11H,3-8H2,1-2H3,(H,15,17)(H,16,18)(H,19,20)/t10-,11+/m0/s1. The van der Waals surface area contributed by atoms with Gasteiger partial charge in [0.15, 0.2) is 0 Å². The number of carboxylic acid groups (broad SMARTS) is 1. The molecule has 0 aromatic carbocycles. The van der Waals surface area contributed by atoms with Crippen LogP contribution in [0.25, 0.3) is 0 Å². The fourth-order valence-electron chi connectivity index (χ4n) is 2.37. The lowest BCUT2D eigenvalue weighted by atomic mass is 10.0. The third-order valence-corrected chi connectivity index (χ3v) is 3.57. The van der Waals surface area contributed by atoms with Crippen molar-refractivity contribution in [3.05, 3.63) is 0 Å². The molecule has 0 aromatic rings. The van der Waals surface area contributed by atoms with Gasteiger partial charge < -0.3 is 15.7 Å². The van der Waals surface area contributed by atoms with Crippen molar-refractivity contribution < 1.29 is 19.5 Å². The minimum absolute atomic E-state index is 0.0836. The summed E-state index contributed by atoms with van der Waals surface area (Å²) in [6.07, 6.45) is 3.29. The molecule has 114 valence electrons. The highest BCUT2D eigenvalue weighted by molar-refractivity contribution is 5.85. The number of carbonyl (C=O) groups excluding carboxylic acids is 2. The van der Waals surface area contributed by atoms with Crippen LogP contribution < -0.4 is 10.6 Å². The highest BCUT2D eigenvalue weighted by atomic mass is 16.4. The zero-order valence-electron chi connectivity index (χ0n) is 12.1. The molecule has 0 heterocycles. The highest BCUT2D eigenvalue weighted by Crippen LogP contribution is 2.25. The van der Waals surface area contributed by atoms with E-state index in [1.165, 1.54) is 0 Å². The zero-order valence-corrected chi connectivity index (χ0v) is 12.1. The number of carbonyl (C=O) groups is 3. The Labute approximate surface area is 119 Å². The number of hydrogen-bond donors (Lipinski definition) is 3. The summed E-state index contributed by atoms with van der Waals surface area (Å²) < 4.78 is 0. The molecule has 0 spiro atoms. The van der Waals surface area contributed by atoms with E-state index >= 15 is 0 Å². The molecular formula is C14H24N2O4. The van der Waals surface area contributed by atoms with Gasteiger partial charge in [-0.15, -0.1) is 0 Å². The minimum atomic E-state index is -0.867. The van der Waals surface area contributed by atoms with E-state index in [9.17, 15) is 14.4 Å². The predicted octanol–water partition coefficient (Wildman–Crippen LogP) is 0.908. The number of aliphatic carboxylic acids is 1. The molecular weight excluding hydrogens is 260 g/mol. The van der Waals surface area contributed by atoms with Crippen molar-refractivity contribution in [2.75, 3.05) is 6.54 Å². The Hall–Kier alpha value is -1.59. The molecule has 0 bridgehead atoms. The van der Waals surface area contributed by atoms with E-state index in [4.69, 9.17) is 5.11 Å². The summed E-state index contributed by atoms with van der Waals surface area (Å²) >= 11 is 0. The summed E-state index contributed by atoms with van der Waals surface area (Å²) in [5.41, 5.74) is 0. The third-order valence-electron chi connectivity index (χ3n) is 3.57. The van der Waals surface area contributed by atoms with E-state index in [2.05, 4.69) is 10.6 Å². The predicted molar refractivity (Wildman–Crippen MR) is 74.0 cm³/mol. The second-order valence-electron chi connectivity index (χ2n) is 5.76. The van der Waals surface area contributed by atoms with Crippen LogP contribution in [0.15, 0.2) is 0 Å². The first-order chi connectivity index (χ1) is 9.40. The van der Waals surface area contributed by atoms with E-state index in [-0.39, 0.29) is 24.4 Å². The fourth-order valence-corrected chi connectivity index (χ4v) is 2.37. The first-order valence-electron chi connectivity index (χ1n) is 7.19. The molecule has 1 aliphatic carbocycles. The Morgan fingerprint density at radius 1 is 1.20 bits per heavy atom. The number of rotatable bonds is 7. The lowest BCUT2D eigenvalue weighted by molar-refractivity contribution is -0.142. The van der Waals surface area contributed by atoms with Crippen molar-refractivity contribution in [2.24, 2.45) is 11.8 Å². The van der Waals surface area contributed by atoms with Gasteiger partial charge in [0, 0.05) is 12.5 Å². The molecule has 6 heteroatoms. The van der Waals surface area contributed by atoms with Crippen molar-refractivity contribution >= 4 is 17.8 Å². The Morgan fingerprint density at radius 3 is 2.50 bits per heavy atom. The normalized spacial score (nSPS) is 21.8. The molecule has 0 radical (unpaired) electrons. The van der Waals surface area contributed by atoms with Crippen molar-refractivity contribution in [3.63, 3.8) is 0 Å². The average Bonchev–Trinajstić information content (AvgIpc) is 2.82. The van der Waals surface area contributed by atoms with Crippen LogP contribution in [0, 0.1) is 11.8 Å². The molecule has 2 amide bonds. The first-order valence-corrected chi connectivity index (χ1v) is 7.19. The number of amides is 2. The van der Waals surface area contributed by atoms with Crippen molar-refractivity contribution in [1.29, 1.82) is 0 Å². The monoisotopic (exact) mass is 284 g/mol. The molecule has 1 saturated carbocycles.